The molecule has 86 valence electrons. The van der Waals surface area contributed by atoms with Gasteiger partial charge in [-0.05, 0) is 53.1 Å². The van der Waals surface area contributed by atoms with Gasteiger partial charge in [0.05, 0.1) is 11.3 Å². The normalized spacial score (nSPS) is 9.94. The highest BCUT2D eigenvalue weighted by molar-refractivity contribution is 9.10. The number of aromatic carboxylic acids is 1. The van der Waals surface area contributed by atoms with E-state index in [1.807, 2.05) is 13.0 Å². The molecule has 0 fully saturated rings. The largest absolute Gasteiger partial charge is 0.478 e. The summed E-state index contributed by atoms with van der Waals surface area (Å²) in [5.74, 6) is -1.03. The van der Waals surface area contributed by atoms with Crippen molar-refractivity contribution in [2.45, 2.75) is 13.8 Å². The Morgan fingerprint density at radius 2 is 2.06 bits per heavy atom. The second-order valence-electron chi connectivity index (χ2n) is 3.37. The van der Waals surface area contributed by atoms with Gasteiger partial charge in [0.1, 0.15) is 0 Å². The zero-order chi connectivity index (χ0) is 12.5. The summed E-state index contributed by atoms with van der Waals surface area (Å²) in [5.41, 5.74) is 7.57. The van der Waals surface area contributed by atoms with Gasteiger partial charge in [0.15, 0.2) is 5.11 Å². The first-order chi connectivity index (χ1) is 7.34. The first-order valence-corrected chi connectivity index (χ1v) is 5.64. The standard InChI is InChI=1S/C10H11BrN2O2S/c1-4-3-5(2)8(13-10(12)16)6(7(4)11)9(14)15/h3H,1-2H3,(H,14,15)(H3,12,13,16). The minimum Gasteiger partial charge on any atom is -0.478 e. The maximum absolute atomic E-state index is 11.2. The number of benzene rings is 1. The van der Waals surface area contributed by atoms with Crippen LogP contribution in [0.5, 0.6) is 0 Å². The number of nitrogens with two attached hydrogens (primary N) is 1. The van der Waals surface area contributed by atoms with E-state index in [0.717, 1.165) is 11.1 Å². The van der Waals surface area contributed by atoms with Gasteiger partial charge in [0.2, 0.25) is 0 Å². The summed E-state index contributed by atoms with van der Waals surface area (Å²) in [5, 5.41) is 11.9. The fraction of sp³-hybridized carbons (Fsp3) is 0.200. The molecule has 6 heteroatoms. The van der Waals surface area contributed by atoms with Gasteiger partial charge >= 0.3 is 5.97 Å². The number of anilines is 1. The maximum atomic E-state index is 11.2. The van der Waals surface area contributed by atoms with Crippen LogP contribution in [0.25, 0.3) is 0 Å². The molecule has 0 radical (unpaired) electrons. The molecule has 0 heterocycles. The van der Waals surface area contributed by atoms with Gasteiger partial charge in [-0.15, -0.1) is 0 Å². The predicted octanol–water partition coefficient (Wildman–Crippen LogP) is 2.42. The van der Waals surface area contributed by atoms with E-state index in [0.29, 0.717) is 10.2 Å². The van der Waals surface area contributed by atoms with Crippen molar-refractivity contribution in [3.63, 3.8) is 0 Å². The van der Waals surface area contributed by atoms with Crippen LogP contribution in [0.4, 0.5) is 5.69 Å². The van der Waals surface area contributed by atoms with E-state index in [1.165, 1.54) is 0 Å². The van der Waals surface area contributed by atoms with Crippen molar-refractivity contribution >= 4 is 44.9 Å². The molecule has 0 amide bonds. The van der Waals surface area contributed by atoms with E-state index in [2.05, 4.69) is 21.2 Å². The highest BCUT2D eigenvalue weighted by Crippen LogP contribution is 2.31. The first kappa shape index (κ1) is 12.9. The molecule has 0 aromatic heterocycles. The van der Waals surface area contributed by atoms with Crippen LogP contribution in [-0.4, -0.2) is 16.2 Å². The molecule has 1 aromatic carbocycles. The van der Waals surface area contributed by atoms with Crippen LogP contribution in [0.1, 0.15) is 21.5 Å². The van der Waals surface area contributed by atoms with Crippen molar-refractivity contribution in [3.05, 3.63) is 27.2 Å². The topological polar surface area (TPSA) is 75.3 Å². The smallest absolute Gasteiger partial charge is 0.338 e. The lowest BCUT2D eigenvalue weighted by molar-refractivity contribution is 0.0697. The minimum absolute atomic E-state index is 0.0429. The van der Waals surface area contributed by atoms with Crippen molar-refractivity contribution < 1.29 is 9.90 Å². The Morgan fingerprint density at radius 1 is 1.50 bits per heavy atom. The van der Waals surface area contributed by atoms with Crippen LogP contribution in [0.15, 0.2) is 10.5 Å². The Bertz CT molecular complexity index is 474. The summed E-state index contributed by atoms with van der Waals surface area (Å²) in [6.45, 7) is 3.63. The number of hydrogen-bond acceptors (Lipinski definition) is 2. The lowest BCUT2D eigenvalue weighted by Crippen LogP contribution is -2.22. The summed E-state index contributed by atoms with van der Waals surface area (Å²) in [4.78, 5) is 11.2. The molecule has 0 spiro atoms. The van der Waals surface area contributed by atoms with Gasteiger partial charge in [-0.2, -0.15) is 0 Å². The number of hydrogen-bond donors (Lipinski definition) is 3. The first-order valence-electron chi connectivity index (χ1n) is 4.44. The van der Waals surface area contributed by atoms with Gasteiger partial charge in [0.25, 0.3) is 0 Å². The van der Waals surface area contributed by atoms with Crippen molar-refractivity contribution in [2.75, 3.05) is 5.32 Å². The van der Waals surface area contributed by atoms with E-state index >= 15 is 0 Å². The highest BCUT2D eigenvalue weighted by atomic mass is 79.9. The van der Waals surface area contributed by atoms with Gasteiger partial charge in [-0.3, -0.25) is 0 Å². The quantitative estimate of drug-likeness (QED) is 0.732. The van der Waals surface area contributed by atoms with Crippen molar-refractivity contribution in [3.8, 4) is 0 Å². The average molecular weight is 303 g/mol. The van der Waals surface area contributed by atoms with Crippen molar-refractivity contribution in [1.29, 1.82) is 0 Å². The Hall–Kier alpha value is -1.14. The summed E-state index contributed by atoms with van der Waals surface area (Å²) in [6, 6.07) is 1.86. The molecule has 0 aliphatic heterocycles. The second-order valence-corrected chi connectivity index (χ2v) is 4.60. The molecular formula is C10H11BrN2O2S. The second kappa shape index (κ2) is 4.80. The molecule has 0 saturated carbocycles. The Kier molecular flexibility index (Phi) is 3.88. The van der Waals surface area contributed by atoms with Crippen molar-refractivity contribution in [2.24, 2.45) is 5.73 Å². The number of halogens is 1. The number of aryl methyl sites for hydroxylation is 2. The fourth-order valence-corrected chi connectivity index (χ4v) is 2.03. The molecule has 16 heavy (non-hydrogen) atoms. The number of carboxylic acids is 1. The average Bonchev–Trinajstić information content (AvgIpc) is 2.13. The lowest BCUT2D eigenvalue weighted by Gasteiger charge is -2.14. The molecular weight excluding hydrogens is 292 g/mol. The van der Waals surface area contributed by atoms with Crippen LogP contribution in [0.2, 0.25) is 0 Å². The third-order valence-electron chi connectivity index (χ3n) is 2.11. The predicted molar refractivity (Wildman–Crippen MR) is 71.0 cm³/mol. The summed E-state index contributed by atoms with van der Waals surface area (Å²) >= 11 is 7.97. The van der Waals surface area contributed by atoms with E-state index in [-0.39, 0.29) is 10.7 Å². The summed E-state index contributed by atoms with van der Waals surface area (Å²) in [7, 11) is 0. The van der Waals surface area contributed by atoms with Crippen LogP contribution >= 0.6 is 28.1 Å². The maximum Gasteiger partial charge on any atom is 0.338 e. The third-order valence-corrected chi connectivity index (χ3v) is 3.23. The molecule has 0 saturated heterocycles. The van der Waals surface area contributed by atoms with Crippen molar-refractivity contribution in [1.82, 2.24) is 0 Å². The minimum atomic E-state index is -1.03. The van der Waals surface area contributed by atoms with Crippen LogP contribution in [0.3, 0.4) is 0 Å². The van der Waals surface area contributed by atoms with Gasteiger partial charge in [-0.1, -0.05) is 6.07 Å². The fourth-order valence-electron chi connectivity index (χ4n) is 1.45. The number of rotatable bonds is 2. The molecule has 0 aliphatic rings. The molecule has 0 unspecified atom stereocenters. The van der Waals surface area contributed by atoms with Crippen LogP contribution in [0, 0.1) is 13.8 Å². The van der Waals surface area contributed by atoms with E-state index in [4.69, 9.17) is 23.1 Å². The molecule has 0 aliphatic carbocycles. The Morgan fingerprint density at radius 3 is 2.50 bits per heavy atom. The lowest BCUT2D eigenvalue weighted by atomic mass is 10.0. The molecule has 0 atom stereocenters. The van der Waals surface area contributed by atoms with Gasteiger partial charge in [0, 0.05) is 4.47 Å². The zero-order valence-electron chi connectivity index (χ0n) is 8.80. The van der Waals surface area contributed by atoms with E-state index in [9.17, 15) is 4.79 Å². The number of carboxylic acid groups (broad SMARTS) is 1. The molecule has 0 bridgehead atoms. The number of carbonyl (C=O) groups is 1. The zero-order valence-corrected chi connectivity index (χ0v) is 11.2. The Labute approximate surface area is 107 Å². The number of nitrogens with one attached hydrogen (secondary N) is 1. The monoisotopic (exact) mass is 302 g/mol. The molecule has 4 N–H and O–H groups in total. The summed E-state index contributed by atoms with van der Waals surface area (Å²) in [6.07, 6.45) is 0. The van der Waals surface area contributed by atoms with E-state index in [1.54, 1.807) is 6.92 Å². The van der Waals surface area contributed by atoms with Crippen LogP contribution in [-0.2, 0) is 0 Å². The van der Waals surface area contributed by atoms with E-state index < -0.39 is 5.97 Å². The molecule has 4 nitrogen and oxygen atoms in total. The molecule has 1 rings (SSSR count). The SMILES string of the molecule is Cc1cc(C)c(NC(N)=S)c(C(=O)O)c1Br. The highest BCUT2D eigenvalue weighted by Gasteiger charge is 2.18. The summed E-state index contributed by atoms with van der Waals surface area (Å²) < 4.78 is 0.532. The van der Waals surface area contributed by atoms with Gasteiger partial charge < -0.3 is 16.2 Å². The van der Waals surface area contributed by atoms with Gasteiger partial charge in [-0.25, -0.2) is 4.79 Å². The number of thiocarbonyl (C=S) groups is 1. The molecule has 1 aromatic rings. The third kappa shape index (κ3) is 2.51. The Balaban J connectivity index is 3.50. The van der Waals surface area contributed by atoms with Crippen LogP contribution < -0.4 is 11.1 Å².